The number of hydrogen-bond acceptors (Lipinski definition) is 8. The van der Waals surface area contributed by atoms with Gasteiger partial charge in [0.05, 0.1) is 39.6 Å². The van der Waals surface area contributed by atoms with Crippen LogP contribution in [-0.4, -0.2) is 52.3 Å². The number of benzene rings is 2. The highest BCUT2D eigenvalue weighted by atomic mass is 16.5. The van der Waals surface area contributed by atoms with Gasteiger partial charge in [-0.15, -0.1) is 0 Å². The predicted octanol–water partition coefficient (Wildman–Crippen LogP) is 1.01. The van der Waals surface area contributed by atoms with E-state index in [1.165, 1.54) is 39.5 Å². The first-order valence-electron chi connectivity index (χ1n) is 10.1. The molecule has 0 heterocycles. The van der Waals surface area contributed by atoms with E-state index in [9.17, 15) is 14.4 Å². The van der Waals surface area contributed by atoms with E-state index in [4.69, 9.17) is 24.7 Å². The van der Waals surface area contributed by atoms with E-state index < -0.39 is 29.9 Å². The zero-order valence-electron chi connectivity index (χ0n) is 19.3. The number of urea groups is 1. The van der Waals surface area contributed by atoms with Gasteiger partial charge in [0.1, 0.15) is 6.54 Å². The minimum atomic E-state index is -1.87. The number of hydrogen-bond donors (Lipinski definition) is 4. The highest BCUT2D eigenvalue weighted by Crippen LogP contribution is 2.40. The van der Waals surface area contributed by atoms with Gasteiger partial charge in [0.15, 0.2) is 23.1 Å². The fraction of sp³-hybridized carbons (Fsp3) is 0.261. The number of anilines is 1. The molecule has 0 saturated carbocycles. The lowest BCUT2D eigenvalue weighted by molar-refractivity contribution is -0.127. The van der Waals surface area contributed by atoms with Crippen LogP contribution in [0.3, 0.4) is 0 Å². The molecule has 0 bridgehead atoms. The molecule has 2 aromatic rings. The number of rotatable bonds is 10. The van der Waals surface area contributed by atoms with Crippen LogP contribution in [0.4, 0.5) is 10.5 Å². The summed E-state index contributed by atoms with van der Waals surface area (Å²) < 4.78 is 15.8. The van der Waals surface area contributed by atoms with Crippen molar-refractivity contribution in [2.24, 2.45) is 0 Å². The van der Waals surface area contributed by atoms with Crippen molar-refractivity contribution in [1.29, 1.82) is 10.5 Å². The minimum absolute atomic E-state index is 0.248. The zero-order chi connectivity index (χ0) is 25.8. The molecule has 0 saturated heterocycles. The number of carbonyl (C=O) groups is 3. The number of nitrogens with zero attached hydrogens (tertiary/aromatic N) is 2. The predicted molar refractivity (Wildman–Crippen MR) is 124 cm³/mol. The first-order chi connectivity index (χ1) is 16.8. The summed E-state index contributed by atoms with van der Waals surface area (Å²) >= 11 is 0. The van der Waals surface area contributed by atoms with Crippen molar-refractivity contribution in [2.45, 2.75) is 5.54 Å². The Morgan fingerprint density at radius 2 is 1.57 bits per heavy atom. The van der Waals surface area contributed by atoms with Gasteiger partial charge in [-0.3, -0.25) is 9.59 Å². The van der Waals surface area contributed by atoms with Crippen LogP contribution in [-0.2, 0) is 15.1 Å². The Kier molecular flexibility index (Phi) is 9.25. The number of amides is 4. The molecule has 182 valence electrons. The highest BCUT2D eigenvalue weighted by Gasteiger charge is 2.42. The normalized spacial score (nSPS) is 11.5. The van der Waals surface area contributed by atoms with Crippen molar-refractivity contribution < 1.29 is 28.6 Å². The van der Waals surface area contributed by atoms with Gasteiger partial charge in [0, 0.05) is 12.1 Å². The first kappa shape index (κ1) is 26.3. The summed E-state index contributed by atoms with van der Waals surface area (Å²) in [4.78, 5) is 38.0. The van der Waals surface area contributed by atoms with E-state index in [0.29, 0.717) is 11.3 Å². The van der Waals surface area contributed by atoms with Gasteiger partial charge >= 0.3 is 11.9 Å². The molecule has 0 aliphatic rings. The molecule has 0 aliphatic carbocycles. The summed E-state index contributed by atoms with van der Waals surface area (Å²) in [6, 6.07) is 13.4. The molecule has 1 atom stereocenters. The summed E-state index contributed by atoms with van der Waals surface area (Å²) in [6.07, 6.45) is 0. The molecular weight excluding hydrogens is 456 g/mol. The molecule has 0 radical (unpaired) electrons. The van der Waals surface area contributed by atoms with Crippen LogP contribution >= 0.6 is 0 Å². The monoisotopic (exact) mass is 480 g/mol. The number of ether oxygens (including phenoxy) is 3. The van der Waals surface area contributed by atoms with E-state index in [-0.39, 0.29) is 23.7 Å². The molecule has 4 amide bonds. The molecule has 0 aliphatic heterocycles. The average molecular weight is 480 g/mol. The minimum Gasteiger partial charge on any atom is -0.493 e. The van der Waals surface area contributed by atoms with Crippen molar-refractivity contribution in [2.75, 3.05) is 39.7 Å². The Balaban J connectivity index is 2.47. The molecule has 4 N–H and O–H groups in total. The number of nitrogens with one attached hydrogen (secondary N) is 4. The van der Waals surface area contributed by atoms with Gasteiger partial charge in [-0.25, -0.2) is 4.79 Å². The smallest absolute Gasteiger partial charge is 0.322 e. The van der Waals surface area contributed by atoms with E-state index in [2.05, 4.69) is 21.3 Å². The van der Waals surface area contributed by atoms with Gasteiger partial charge in [0.2, 0.25) is 5.75 Å². The van der Waals surface area contributed by atoms with Gasteiger partial charge in [0.25, 0.3) is 5.91 Å². The van der Waals surface area contributed by atoms with Crippen molar-refractivity contribution >= 4 is 23.5 Å². The van der Waals surface area contributed by atoms with Gasteiger partial charge < -0.3 is 35.5 Å². The molecule has 0 fully saturated rings. The molecule has 2 rings (SSSR count). The molecule has 35 heavy (non-hydrogen) atoms. The fourth-order valence-electron chi connectivity index (χ4n) is 3.24. The van der Waals surface area contributed by atoms with Crippen LogP contribution in [0.5, 0.6) is 17.2 Å². The quantitative estimate of drug-likeness (QED) is 0.288. The summed E-state index contributed by atoms with van der Waals surface area (Å²) in [6.45, 7) is -0.820. The molecular formula is C23H24N6O6. The van der Waals surface area contributed by atoms with Crippen molar-refractivity contribution in [3.05, 3.63) is 48.0 Å². The summed E-state index contributed by atoms with van der Waals surface area (Å²) in [7, 11) is 4.27. The second kappa shape index (κ2) is 12.3. The largest absolute Gasteiger partial charge is 0.493 e. The summed E-state index contributed by atoms with van der Waals surface area (Å²) in [5.41, 5.74) is -1.32. The lowest BCUT2D eigenvalue weighted by atomic mass is 9.88. The second-order valence-corrected chi connectivity index (χ2v) is 6.90. The first-order valence-corrected chi connectivity index (χ1v) is 10.1. The van der Waals surface area contributed by atoms with Gasteiger partial charge in [-0.1, -0.05) is 30.3 Å². The van der Waals surface area contributed by atoms with Crippen LogP contribution in [0.1, 0.15) is 5.56 Å². The van der Waals surface area contributed by atoms with E-state index >= 15 is 0 Å². The zero-order valence-corrected chi connectivity index (χ0v) is 19.3. The summed E-state index contributed by atoms with van der Waals surface area (Å²) in [5.74, 6) is -0.905. The second-order valence-electron chi connectivity index (χ2n) is 6.90. The number of nitriles is 2. The van der Waals surface area contributed by atoms with Crippen LogP contribution < -0.4 is 35.5 Å². The maximum Gasteiger partial charge on any atom is 0.322 e. The Hall–Kier alpha value is -4.97. The fourth-order valence-corrected chi connectivity index (χ4v) is 3.24. The Morgan fingerprint density at radius 3 is 2.09 bits per heavy atom. The van der Waals surface area contributed by atoms with Gasteiger partial charge in [-0.05, 0) is 5.56 Å². The third-order valence-electron chi connectivity index (χ3n) is 4.85. The lowest BCUT2D eigenvalue weighted by Crippen LogP contribution is -2.62. The topological polar surface area (TPSA) is 175 Å². The maximum absolute atomic E-state index is 13.2. The molecule has 2 aromatic carbocycles. The van der Waals surface area contributed by atoms with Crippen LogP contribution in [0.2, 0.25) is 0 Å². The molecule has 12 heteroatoms. The maximum atomic E-state index is 13.2. The molecule has 1 unspecified atom stereocenters. The number of carbonyl (C=O) groups excluding carboxylic acids is 3. The SMILES string of the molecule is COc1cc(NC(=O)NC(CNC(=O)C#N)(C(=O)NCC#N)c2ccccc2)cc(OC)c1OC. The summed E-state index contributed by atoms with van der Waals surface area (Å²) in [5, 5.41) is 27.7. The standard InChI is InChI=1S/C23H24N6O6/c1-33-17-11-16(12-18(34-2)20(17)35-3)28-22(32)29-23(14-27-19(30)13-25,21(31)26-10-9-24)15-7-5-4-6-8-15/h4-8,11-12H,10,14H2,1-3H3,(H,26,31)(H,27,30)(H2,28,29,32). The molecule has 0 spiro atoms. The van der Waals surface area contributed by atoms with E-state index in [1.54, 1.807) is 36.4 Å². The average Bonchev–Trinajstić information content (AvgIpc) is 2.89. The Labute approximate surface area is 201 Å². The van der Waals surface area contributed by atoms with Crippen LogP contribution in [0, 0.1) is 22.7 Å². The number of methoxy groups -OCH3 is 3. The Bertz CT molecular complexity index is 1130. The van der Waals surface area contributed by atoms with Crippen LogP contribution in [0.15, 0.2) is 42.5 Å². The van der Waals surface area contributed by atoms with Gasteiger partial charge in [-0.2, -0.15) is 10.5 Å². The van der Waals surface area contributed by atoms with Crippen molar-refractivity contribution in [3.63, 3.8) is 0 Å². The third kappa shape index (κ3) is 6.30. The van der Waals surface area contributed by atoms with E-state index in [0.717, 1.165) is 0 Å². The molecule has 12 nitrogen and oxygen atoms in total. The van der Waals surface area contributed by atoms with Crippen molar-refractivity contribution in [3.8, 4) is 29.4 Å². The van der Waals surface area contributed by atoms with Crippen LogP contribution in [0.25, 0.3) is 0 Å². The third-order valence-corrected chi connectivity index (χ3v) is 4.85. The van der Waals surface area contributed by atoms with E-state index in [1.807, 2.05) is 0 Å². The highest BCUT2D eigenvalue weighted by molar-refractivity contribution is 5.98. The molecule has 0 aromatic heterocycles. The lowest BCUT2D eigenvalue weighted by Gasteiger charge is -2.33. The Morgan fingerprint density at radius 1 is 0.943 bits per heavy atom. The van der Waals surface area contributed by atoms with Crippen molar-refractivity contribution in [1.82, 2.24) is 16.0 Å².